The second kappa shape index (κ2) is 5.68. The molecule has 23 heavy (non-hydrogen) atoms. The molecule has 0 fully saturated rings. The van der Waals surface area contributed by atoms with Crippen LogP contribution >= 0.6 is 0 Å². The summed E-state index contributed by atoms with van der Waals surface area (Å²) in [7, 11) is 0. The normalized spacial score (nSPS) is 11.1. The first-order valence-corrected chi connectivity index (χ1v) is 6.46. The molecule has 4 nitrogen and oxygen atoms in total. The maximum atomic E-state index is 13.0. The molecule has 0 bridgehead atoms. The topological polar surface area (TPSA) is 59.7 Å². The summed E-state index contributed by atoms with van der Waals surface area (Å²) >= 11 is 0. The van der Waals surface area contributed by atoms with Crippen LogP contribution in [0.2, 0.25) is 0 Å². The molecule has 1 aromatic heterocycles. The van der Waals surface area contributed by atoms with Crippen molar-refractivity contribution in [2.24, 2.45) is 0 Å². The van der Waals surface area contributed by atoms with Crippen LogP contribution in [0, 0.1) is 5.82 Å². The number of halogens is 3. The second-order valence-corrected chi connectivity index (χ2v) is 4.65. The summed E-state index contributed by atoms with van der Waals surface area (Å²) in [6, 6.07) is 8.83. The van der Waals surface area contributed by atoms with Gasteiger partial charge in [-0.3, -0.25) is 0 Å². The Hall–Kier alpha value is -2.96. The van der Waals surface area contributed by atoms with E-state index in [-0.39, 0.29) is 28.0 Å². The number of carboxylic acid groups (broad SMARTS) is 1. The van der Waals surface area contributed by atoms with Crippen molar-refractivity contribution in [1.29, 1.82) is 0 Å². The van der Waals surface area contributed by atoms with Crippen molar-refractivity contribution in [3.63, 3.8) is 0 Å². The Morgan fingerprint density at radius 2 is 1.83 bits per heavy atom. The Balaban J connectivity index is 2.20. The molecule has 3 rings (SSSR count). The maximum absolute atomic E-state index is 13.0. The maximum Gasteiger partial charge on any atom is 0.387 e. The van der Waals surface area contributed by atoms with Crippen molar-refractivity contribution < 1.29 is 32.2 Å². The molecule has 0 aliphatic rings. The summed E-state index contributed by atoms with van der Waals surface area (Å²) in [5, 5.41) is 9.54. The molecule has 0 atom stereocenters. The lowest BCUT2D eigenvalue weighted by Gasteiger charge is -2.03. The molecular formula is C16H9F3O4. The molecule has 0 spiro atoms. The summed E-state index contributed by atoms with van der Waals surface area (Å²) in [5.74, 6) is -1.94. The smallest absolute Gasteiger partial charge is 0.387 e. The number of fused-ring (bicyclic) bond motifs is 1. The van der Waals surface area contributed by atoms with Gasteiger partial charge in [0, 0.05) is 10.9 Å². The van der Waals surface area contributed by atoms with Gasteiger partial charge < -0.3 is 14.3 Å². The summed E-state index contributed by atoms with van der Waals surface area (Å²) < 4.78 is 47.4. The predicted molar refractivity (Wildman–Crippen MR) is 75.2 cm³/mol. The van der Waals surface area contributed by atoms with Crippen LogP contribution in [-0.4, -0.2) is 17.7 Å². The highest BCUT2D eigenvalue weighted by atomic mass is 19.3. The highest BCUT2D eigenvalue weighted by Gasteiger charge is 2.22. The first kappa shape index (κ1) is 15.0. The van der Waals surface area contributed by atoms with Gasteiger partial charge in [0.1, 0.15) is 28.5 Å². The number of carbonyl (C=O) groups is 1. The molecule has 7 heteroatoms. The average Bonchev–Trinajstić information content (AvgIpc) is 2.86. The highest BCUT2D eigenvalue weighted by molar-refractivity contribution is 6.08. The number of rotatable bonds is 4. The van der Waals surface area contributed by atoms with E-state index in [1.54, 1.807) is 0 Å². The van der Waals surface area contributed by atoms with Crippen molar-refractivity contribution >= 4 is 16.9 Å². The summed E-state index contributed by atoms with van der Waals surface area (Å²) in [5.41, 5.74) is 0.353. The number of carboxylic acids is 1. The van der Waals surface area contributed by atoms with Gasteiger partial charge in [-0.15, -0.1) is 0 Å². The van der Waals surface area contributed by atoms with Crippen LogP contribution in [0.1, 0.15) is 10.4 Å². The molecule has 0 aliphatic heterocycles. The van der Waals surface area contributed by atoms with Gasteiger partial charge in [-0.05, 0) is 42.5 Å². The van der Waals surface area contributed by atoms with Crippen LogP contribution in [0.25, 0.3) is 22.3 Å². The fraction of sp³-hybridized carbons (Fsp3) is 0.0625. The van der Waals surface area contributed by atoms with Gasteiger partial charge >= 0.3 is 12.6 Å². The molecule has 2 aromatic carbocycles. The van der Waals surface area contributed by atoms with E-state index in [2.05, 4.69) is 4.74 Å². The van der Waals surface area contributed by atoms with Crippen LogP contribution in [-0.2, 0) is 0 Å². The lowest BCUT2D eigenvalue weighted by atomic mass is 10.1. The Bertz CT molecular complexity index is 869. The Morgan fingerprint density at radius 3 is 2.43 bits per heavy atom. The van der Waals surface area contributed by atoms with Gasteiger partial charge in [0.05, 0.1) is 0 Å². The largest absolute Gasteiger partial charge is 0.478 e. The molecule has 118 valence electrons. The zero-order valence-electron chi connectivity index (χ0n) is 11.4. The predicted octanol–water partition coefficient (Wildman–Crippen LogP) is 4.54. The number of ether oxygens (including phenoxy) is 1. The Labute approximate surface area is 127 Å². The SMILES string of the molecule is O=C(O)c1c(-c2ccc(F)cc2)oc2ccc(OC(F)F)cc12. The molecule has 0 saturated carbocycles. The Morgan fingerprint density at radius 1 is 1.13 bits per heavy atom. The number of aromatic carboxylic acids is 1. The average molecular weight is 322 g/mol. The van der Waals surface area contributed by atoms with Crippen LogP contribution < -0.4 is 4.74 Å². The third-order valence-electron chi connectivity index (χ3n) is 3.20. The van der Waals surface area contributed by atoms with Crippen LogP contribution in [0.4, 0.5) is 13.2 Å². The lowest BCUT2D eigenvalue weighted by molar-refractivity contribution is -0.0497. The number of alkyl halides is 2. The van der Waals surface area contributed by atoms with E-state index >= 15 is 0 Å². The third kappa shape index (κ3) is 2.85. The minimum atomic E-state index is -3.02. The van der Waals surface area contributed by atoms with E-state index in [1.165, 1.54) is 42.5 Å². The van der Waals surface area contributed by atoms with E-state index in [9.17, 15) is 23.1 Å². The van der Waals surface area contributed by atoms with Gasteiger partial charge in [0.15, 0.2) is 0 Å². The van der Waals surface area contributed by atoms with Crippen LogP contribution in [0.15, 0.2) is 46.9 Å². The molecule has 1 heterocycles. The fourth-order valence-corrected chi connectivity index (χ4v) is 2.27. The second-order valence-electron chi connectivity index (χ2n) is 4.65. The standard InChI is InChI=1S/C16H9F3O4/c17-9-3-1-8(2-4-9)14-13(15(20)21)11-7-10(22-16(18)19)5-6-12(11)23-14/h1-7,16H,(H,20,21). The van der Waals surface area contributed by atoms with Gasteiger partial charge in [0.25, 0.3) is 0 Å². The van der Waals surface area contributed by atoms with E-state index in [1.807, 2.05) is 0 Å². The van der Waals surface area contributed by atoms with Crippen molar-refractivity contribution in [1.82, 2.24) is 0 Å². The van der Waals surface area contributed by atoms with Crippen LogP contribution in [0.5, 0.6) is 5.75 Å². The third-order valence-corrected chi connectivity index (χ3v) is 3.20. The minimum Gasteiger partial charge on any atom is -0.478 e. The van der Waals surface area contributed by atoms with Gasteiger partial charge in [-0.2, -0.15) is 8.78 Å². The van der Waals surface area contributed by atoms with E-state index < -0.39 is 18.4 Å². The zero-order chi connectivity index (χ0) is 16.6. The monoisotopic (exact) mass is 322 g/mol. The number of benzene rings is 2. The van der Waals surface area contributed by atoms with Gasteiger partial charge in [-0.1, -0.05) is 0 Å². The first-order chi connectivity index (χ1) is 11.0. The molecule has 0 amide bonds. The highest BCUT2D eigenvalue weighted by Crippen LogP contribution is 2.35. The lowest BCUT2D eigenvalue weighted by Crippen LogP contribution is -2.02. The van der Waals surface area contributed by atoms with E-state index in [0.29, 0.717) is 5.56 Å². The van der Waals surface area contributed by atoms with Crippen molar-refractivity contribution in [3.05, 3.63) is 53.8 Å². The number of hydrogen-bond donors (Lipinski definition) is 1. The minimum absolute atomic E-state index is 0.0155. The molecule has 3 aromatic rings. The van der Waals surface area contributed by atoms with Gasteiger partial charge in [0.2, 0.25) is 0 Å². The molecular weight excluding hydrogens is 313 g/mol. The number of furan rings is 1. The van der Waals surface area contributed by atoms with Crippen molar-refractivity contribution in [2.45, 2.75) is 6.61 Å². The summed E-state index contributed by atoms with van der Waals surface area (Å²) in [6.07, 6.45) is 0. The summed E-state index contributed by atoms with van der Waals surface area (Å²) in [6.45, 7) is -3.02. The zero-order valence-corrected chi connectivity index (χ0v) is 11.4. The van der Waals surface area contributed by atoms with Gasteiger partial charge in [-0.25, -0.2) is 9.18 Å². The number of hydrogen-bond acceptors (Lipinski definition) is 3. The quantitative estimate of drug-likeness (QED) is 0.766. The molecule has 0 unspecified atom stereocenters. The first-order valence-electron chi connectivity index (χ1n) is 6.46. The molecule has 1 N–H and O–H groups in total. The summed E-state index contributed by atoms with van der Waals surface area (Å²) in [4.78, 5) is 11.5. The Kier molecular flexibility index (Phi) is 3.69. The van der Waals surface area contributed by atoms with Crippen molar-refractivity contribution in [2.75, 3.05) is 0 Å². The van der Waals surface area contributed by atoms with Crippen molar-refractivity contribution in [3.8, 4) is 17.1 Å². The fourth-order valence-electron chi connectivity index (χ4n) is 2.27. The molecule has 0 saturated heterocycles. The molecule has 0 radical (unpaired) electrons. The molecule has 0 aliphatic carbocycles. The van der Waals surface area contributed by atoms with E-state index in [0.717, 1.165) is 0 Å². The van der Waals surface area contributed by atoms with Crippen LogP contribution in [0.3, 0.4) is 0 Å². The van der Waals surface area contributed by atoms with E-state index in [4.69, 9.17) is 4.42 Å².